The molecule has 3 aromatic rings. The van der Waals surface area contributed by atoms with E-state index in [2.05, 4.69) is 29.8 Å². The van der Waals surface area contributed by atoms with Crippen molar-refractivity contribution in [1.29, 1.82) is 0 Å². The average Bonchev–Trinajstić information content (AvgIpc) is 3.13. The molecule has 0 aliphatic heterocycles. The van der Waals surface area contributed by atoms with Crippen molar-refractivity contribution in [3.63, 3.8) is 0 Å². The van der Waals surface area contributed by atoms with Crippen LogP contribution in [0.3, 0.4) is 0 Å². The van der Waals surface area contributed by atoms with E-state index in [1.165, 1.54) is 0 Å². The van der Waals surface area contributed by atoms with Gasteiger partial charge in [-0.05, 0) is 37.4 Å². The average molecular weight is 327 g/mol. The van der Waals surface area contributed by atoms with Crippen molar-refractivity contribution in [3.05, 3.63) is 52.5 Å². The lowest BCUT2D eigenvalue weighted by atomic mass is 10.3. The molecule has 0 unspecified atom stereocenters. The number of amides is 1. The standard InChI is InChI=1S/C18H21N3OS/c1-13(2)21-16-8-4-3-7-15(16)20-17(21)9-10-19-18(22)12-14-6-5-11-23-14/h3-8,11,13H,9-10,12H2,1-2H3,(H,19,22). The van der Waals surface area contributed by atoms with Gasteiger partial charge in [0, 0.05) is 23.9 Å². The van der Waals surface area contributed by atoms with Gasteiger partial charge in [-0.3, -0.25) is 4.79 Å². The maximum Gasteiger partial charge on any atom is 0.225 e. The van der Waals surface area contributed by atoms with Crippen LogP contribution >= 0.6 is 11.3 Å². The molecule has 23 heavy (non-hydrogen) atoms. The van der Waals surface area contributed by atoms with E-state index >= 15 is 0 Å². The van der Waals surface area contributed by atoms with Crippen LogP contribution in [-0.4, -0.2) is 22.0 Å². The van der Waals surface area contributed by atoms with Crippen LogP contribution in [0.25, 0.3) is 11.0 Å². The number of carbonyl (C=O) groups excluding carboxylic acids is 1. The zero-order valence-corrected chi connectivity index (χ0v) is 14.3. The van der Waals surface area contributed by atoms with Crippen molar-refractivity contribution in [1.82, 2.24) is 14.9 Å². The Morgan fingerprint density at radius 2 is 2.09 bits per heavy atom. The van der Waals surface area contributed by atoms with Crippen LogP contribution in [0.1, 0.15) is 30.6 Å². The molecule has 1 amide bonds. The first-order valence-corrected chi connectivity index (χ1v) is 8.78. The van der Waals surface area contributed by atoms with Gasteiger partial charge in [-0.2, -0.15) is 0 Å². The van der Waals surface area contributed by atoms with Crippen LogP contribution in [0.4, 0.5) is 0 Å². The number of nitrogens with zero attached hydrogens (tertiary/aromatic N) is 2. The Morgan fingerprint density at radius 3 is 2.83 bits per heavy atom. The van der Waals surface area contributed by atoms with E-state index < -0.39 is 0 Å². The van der Waals surface area contributed by atoms with E-state index in [1.54, 1.807) is 11.3 Å². The largest absolute Gasteiger partial charge is 0.355 e. The number of carbonyl (C=O) groups is 1. The third kappa shape index (κ3) is 3.62. The Hall–Kier alpha value is -2.14. The van der Waals surface area contributed by atoms with E-state index in [4.69, 9.17) is 4.98 Å². The van der Waals surface area contributed by atoms with Crippen molar-refractivity contribution < 1.29 is 4.79 Å². The number of rotatable bonds is 6. The summed E-state index contributed by atoms with van der Waals surface area (Å²) in [6.07, 6.45) is 1.20. The second kappa shape index (κ2) is 6.96. The second-order valence-electron chi connectivity index (χ2n) is 5.84. The summed E-state index contributed by atoms with van der Waals surface area (Å²) in [5.74, 6) is 1.09. The minimum atomic E-state index is 0.0691. The number of hydrogen-bond acceptors (Lipinski definition) is 3. The molecule has 2 aromatic heterocycles. The van der Waals surface area contributed by atoms with Crippen LogP contribution in [0.2, 0.25) is 0 Å². The summed E-state index contributed by atoms with van der Waals surface area (Å²) in [5.41, 5.74) is 2.17. The highest BCUT2D eigenvalue weighted by atomic mass is 32.1. The van der Waals surface area contributed by atoms with Gasteiger partial charge in [0.15, 0.2) is 0 Å². The number of para-hydroxylation sites is 2. The first-order valence-electron chi connectivity index (χ1n) is 7.90. The molecular weight excluding hydrogens is 306 g/mol. The molecule has 0 saturated heterocycles. The lowest BCUT2D eigenvalue weighted by Gasteiger charge is -2.13. The first kappa shape index (κ1) is 15.7. The van der Waals surface area contributed by atoms with E-state index in [0.717, 1.165) is 28.2 Å². The molecule has 3 rings (SSSR count). The Balaban J connectivity index is 1.65. The fourth-order valence-corrected chi connectivity index (χ4v) is 3.50. The molecule has 5 heteroatoms. The lowest BCUT2D eigenvalue weighted by Crippen LogP contribution is -2.27. The lowest BCUT2D eigenvalue weighted by molar-refractivity contribution is -0.120. The quantitative estimate of drug-likeness (QED) is 0.752. The number of thiophene rings is 1. The van der Waals surface area contributed by atoms with E-state index in [1.807, 2.05) is 35.7 Å². The van der Waals surface area contributed by atoms with Gasteiger partial charge in [0.2, 0.25) is 5.91 Å². The smallest absolute Gasteiger partial charge is 0.225 e. The van der Waals surface area contributed by atoms with Crippen molar-refractivity contribution in [3.8, 4) is 0 Å². The summed E-state index contributed by atoms with van der Waals surface area (Å²) in [4.78, 5) is 17.8. The molecule has 120 valence electrons. The highest BCUT2D eigenvalue weighted by Crippen LogP contribution is 2.21. The first-order chi connectivity index (χ1) is 11.1. The van der Waals surface area contributed by atoms with Crippen molar-refractivity contribution in [2.45, 2.75) is 32.7 Å². The summed E-state index contributed by atoms with van der Waals surface area (Å²) in [7, 11) is 0. The number of imidazole rings is 1. The number of nitrogens with one attached hydrogen (secondary N) is 1. The highest BCUT2D eigenvalue weighted by Gasteiger charge is 2.13. The van der Waals surface area contributed by atoms with Crippen molar-refractivity contribution in [2.24, 2.45) is 0 Å². The van der Waals surface area contributed by atoms with Gasteiger partial charge in [0.25, 0.3) is 0 Å². The van der Waals surface area contributed by atoms with E-state index in [9.17, 15) is 4.79 Å². The topological polar surface area (TPSA) is 46.9 Å². The van der Waals surface area contributed by atoms with Crippen LogP contribution in [0, 0.1) is 0 Å². The van der Waals surface area contributed by atoms with Crippen LogP contribution in [0.15, 0.2) is 41.8 Å². The normalized spacial score (nSPS) is 11.3. The summed E-state index contributed by atoms with van der Waals surface area (Å²) in [6, 6.07) is 12.5. The number of hydrogen-bond donors (Lipinski definition) is 1. The van der Waals surface area contributed by atoms with Crippen molar-refractivity contribution >= 4 is 28.3 Å². The zero-order valence-electron chi connectivity index (χ0n) is 13.5. The third-order valence-electron chi connectivity index (χ3n) is 3.77. The molecule has 1 N–H and O–H groups in total. The summed E-state index contributed by atoms with van der Waals surface area (Å²) in [5, 5.41) is 4.99. The molecule has 0 spiro atoms. The number of fused-ring (bicyclic) bond motifs is 1. The van der Waals surface area contributed by atoms with E-state index in [-0.39, 0.29) is 5.91 Å². The predicted molar refractivity (Wildman–Crippen MR) is 94.9 cm³/mol. The Kier molecular flexibility index (Phi) is 4.76. The fraction of sp³-hybridized carbons (Fsp3) is 0.333. The van der Waals surface area contributed by atoms with Gasteiger partial charge >= 0.3 is 0 Å². The molecule has 0 radical (unpaired) electrons. The number of aromatic nitrogens is 2. The molecule has 0 fully saturated rings. The Morgan fingerprint density at radius 1 is 1.26 bits per heavy atom. The summed E-state index contributed by atoms with van der Waals surface area (Å²) >= 11 is 1.61. The van der Waals surface area contributed by atoms with Gasteiger partial charge in [-0.1, -0.05) is 18.2 Å². The van der Waals surface area contributed by atoms with E-state index in [0.29, 0.717) is 19.0 Å². The maximum atomic E-state index is 12.0. The van der Waals surface area contributed by atoms with Gasteiger partial charge in [-0.25, -0.2) is 4.98 Å². The molecule has 0 atom stereocenters. The minimum absolute atomic E-state index is 0.0691. The zero-order chi connectivity index (χ0) is 16.2. The molecule has 2 heterocycles. The van der Waals surface area contributed by atoms with Crippen molar-refractivity contribution in [2.75, 3.05) is 6.54 Å². The van der Waals surface area contributed by atoms with Gasteiger partial charge < -0.3 is 9.88 Å². The molecule has 1 aromatic carbocycles. The SMILES string of the molecule is CC(C)n1c(CCNC(=O)Cc2cccs2)nc2ccccc21. The molecular formula is C18H21N3OS. The molecule has 0 aliphatic carbocycles. The molecule has 0 saturated carbocycles. The summed E-state index contributed by atoms with van der Waals surface area (Å²) < 4.78 is 2.25. The van der Waals surface area contributed by atoms with Gasteiger partial charge in [0.1, 0.15) is 5.82 Å². The van der Waals surface area contributed by atoms with Gasteiger partial charge in [-0.15, -0.1) is 11.3 Å². The highest BCUT2D eigenvalue weighted by molar-refractivity contribution is 7.10. The monoisotopic (exact) mass is 327 g/mol. The molecule has 4 nitrogen and oxygen atoms in total. The minimum Gasteiger partial charge on any atom is -0.355 e. The molecule has 0 aliphatic rings. The van der Waals surface area contributed by atoms with Crippen LogP contribution < -0.4 is 5.32 Å². The van der Waals surface area contributed by atoms with Crippen LogP contribution in [-0.2, 0) is 17.6 Å². The number of benzene rings is 1. The fourth-order valence-electron chi connectivity index (χ4n) is 2.79. The Bertz CT molecular complexity index is 790. The maximum absolute atomic E-state index is 12.0. The van der Waals surface area contributed by atoms with Crippen LogP contribution in [0.5, 0.6) is 0 Å². The van der Waals surface area contributed by atoms with Gasteiger partial charge in [0.05, 0.1) is 17.5 Å². The summed E-state index contributed by atoms with van der Waals surface area (Å²) in [6.45, 7) is 4.93. The third-order valence-corrected chi connectivity index (χ3v) is 4.65. The molecule has 0 bridgehead atoms. The second-order valence-corrected chi connectivity index (χ2v) is 6.87. The Labute approximate surface area is 140 Å². The predicted octanol–water partition coefficient (Wildman–Crippen LogP) is 3.58.